The van der Waals surface area contributed by atoms with Crippen molar-refractivity contribution in [3.63, 3.8) is 0 Å². The number of ketones is 1. The zero-order valence-electron chi connectivity index (χ0n) is 11.9. The molecule has 0 N–H and O–H groups in total. The molecule has 0 spiro atoms. The molecule has 2 rings (SSSR count). The van der Waals surface area contributed by atoms with Crippen molar-refractivity contribution in [1.82, 2.24) is 0 Å². The predicted molar refractivity (Wildman–Crippen MR) is 82.0 cm³/mol. The summed E-state index contributed by atoms with van der Waals surface area (Å²) in [4.78, 5) is 12.5. The number of ether oxygens (including phenoxy) is 1. The van der Waals surface area contributed by atoms with E-state index in [4.69, 9.17) is 16.3 Å². The van der Waals surface area contributed by atoms with Crippen molar-refractivity contribution in [3.05, 3.63) is 63.7 Å². The number of carbonyl (C=O) groups is 1. The van der Waals surface area contributed by atoms with E-state index < -0.39 is 0 Å². The summed E-state index contributed by atoms with van der Waals surface area (Å²) in [6.45, 7) is 3.81. The molecule has 0 bridgehead atoms. The monoisotopic (exact) mass is 288 g/mol. The lowest BCUT2D eigenvalue weighted by Gasteiger charge is -2.10. The minimum absolute atomic E-state index is 0.0757. The smallest absolute Gasteiger partial charge is 0.167 e. The highest BCUT2D eigenvalue weighted by Crippen LogP contribution is 2.24. The molecule has 0 aliphatic carbocycles. The Kier molecular flexibility index (Phi) is 4.46. The van der Waals surface area contributed by atoms with Gasteiger partial charge in [-0.1, -0.05) is 29.8 Å². The largest absolute Gasteiger partial charge is 0.496 e. The third-order valence-electron chi connectivity index (χ3n) is 3.35. The number of Topliss-reactive ketones (excluding diaryl/α,β-unsaturated/α-hetero) is 1. The molecule has 20 heavy (non-hydrogen) atoms. The van der Waals surface area contributed by atoms with E-state index in [1.165, 1.54) is 0 Å². The van der Waals surface area contributed by atoms with Crippen LogP contribution in [0.3, 0.4) is 0 Å². The summed E-state index contributed by atoms with van der Waals surface area (Å²) in [5, 5.41) is 0.691. The van der Waals surface area contributed by atoms with Crippen molar-refractivity contribution in [3.8, 4) is 5.75 Å². The number of rotatable bonds is 4. The SMILES string of the molecule is COc1ccccc1CC(=O)c1cc(C)c(Cl)cc1C. The summed E-state index contributed by atoms with van der Waals surface area (Å²) in [6, 6.07) is 11.3. The molecule has 0 radical (unpaired) electrons. The Morgan fingerprint density at radius 2 is 1.85 bits per heavy atom. The molecule has 0 saturated heterocycles. The zero-order chi connectivity index (χ0) is 14.7. The topological polar surface area (TPSA) is 26.3 Å². The minimum Gasteiger partial charge on any atom is -0.496 e. The van der Waals surface area contributed by atoms with Crippen molar-refractivity contribution in [2.24, 2.45) is 0 Å². The van der Waals surface area contributed by atoms with Crippen LogP contribution in [-0.4, -0.2) is 12.9 Å². The van der Waals surface area contributed by atoms with Gasteiger partial charge in [0.1, 0.15) is 5.75 Å². The van der Waals surface area contributed by atoms with Crippen LogP contribution in [0.2, 0.25) is 5.02 Å². The number of halogens is 1. The Balaban J connectivity index is 2.31. The quantitative estimate of drug-likeness (QED) is 0.780. The average molecular weight is 289 g/mol. The van der Waals surface area contributed by atoms with Crippen LogP contribution < -0.4 is 4.74 Å². The van der Waals surface area contributed by atoms with Gasteiger partial charge < -0.3 is 4.74 Å². The second-order valence-corrected chi connectivity index (χ2v) is 5.24. The van der Waals surface area contributed by atoms with Crippen LogP contribution in [0.5, 0.6) is 5.75 Å². The third-order valence-corrected chi connectivity index (χ3v) is 3.76. The number of aryl methyl sites for hydroxylation is 2. The Bertz CT molecular complexity index is 647. The van der Waals surface area contributed by atoms with E-state index in [-0.39, 0.29) is 5.78 Å². The fourth-order valence-electron chi connectivity index (χ4n) is 2.20. The first-order chi connectivity index (χ1) is 9.52. The lowest BCUT2D eigenvalue weighted by molar-refractivity contribution is 0.0991. The van der Waals surface area contributed by atoms with Gasteiger partial charge >= 0.3 is 0 Å². The summed E-state index contributed by atoms with van der Waals surface area (Å²) in [7, 11) is 1.61. The molecular formula is C17H17ClO2. The van der Waals surface area contributed by atoms with Gasteiger partial charge in [0.25, 0.3) is 0 Å². The second-order valence-electron chi connectivity index (χ2n) is 4.83. The molecule has 0 heterocycles. The van der Waals surface area contributed by atoms with Gasteiger partial charge in [0, 0.05) is 22.6 Å². The first-order valence-electron chi connectivity index (χ1n) is 6.44. The van der Waals surface area contributed by atoms with Crippen LogP contribution in [0.25, 0.3) is 0 Å². The molecule has 0 aromatic heterocycles. The van der Waals surface area contributed by atoms with Crippen molar-refractivity contribution in [1.29, 1.82) is 0 Å². The van der Waals surface area contributed by atoms with Crippen LogP contribution >= 0.6 is 11.6 Å². The molecule has 0 aliphatic rings. The van der Waals surface area contributed by atoms with Crippen LogP contribution in [0, 0.1) is 13.8 Å². The van der Waals surface area contributed by atoms with E-state index in [0.717, 1.165) is 28.0 Å². The highest BCUT2D eigenvalue weighted by molar-refractivity contribution is 6.31. The molecule has 0 unspecified atom stereocenters. The van der Waals surface area contributed by atoms with Gasteiger partial charge in [-0.25, -0.2) is 0 Å². The van der Waals surface area contributed by atoms with Crippen molar-refractivity contribution < 1.29 is 9.53 Å². The van der Waals surface area contributed by atoms with Gasteiger partial charge in [-0.05, 0) is 43.2 Å². The summed E-state index contributed by atoms with van der Waals surface area (Å²) >= 11 is 6.07. The van der Waals surface area contributed by atoms with Crippen molar-refractivity contribution >= 4 is 17.4 Å². The number of carbonyl (C=O) groups excluding carboxylic acids is 1. The Morgan fingerprint density at radius 3 is 2.55 bits per heavy atom. The number of hydrogen-bond donors (Lipinski definition) is 0. The second kappa shape index (κ2) is 6.10. The molecule has 0 atom stereocenters. The molecule has 2 aromatic rings. The molecule has 2 aromatic carbocycles. The third kappa shape index (κ3) is 3.02. The molecule has 0 amide bonds. The van der Waals surface area contributed by atoms with Gasteiger partial charge in [0.15, 0.2) is 5.78 Å². The Morgan fingerprint density at radius 1 is 1.15 bits per heavy atom. The maximum Gasteiger partial charge on any atom is 0.167 e. The fraction of sp³-hybridized carbons (Fsp3) is 0.235. The summed E-state index contributed by atoms with van der Waals surface area (Å²) in [5.74, 6) is 0.816. The normalized spacial score (nSPS) is 10.4. The van der Waals surface area contributed by atoms with Crippen molar-refractivity contribution in [2.75, 3.05) is 7.11 Å². The number of benzene rings is 2. The van der Waals surface area contributed by atoms with Crippen LogP contribution in [-0.2, 0) is 6.42 Å². The van der Waals surface area contributed by atoms with Crippen LogP contribution in [0.1, 0.15) is 27.0 Å². The first-order valence-corrected chi connectivity index (χ1v) is 6.82. The highest BCUT2D eigenvalue weighted by atomic mass is 35.5. The van der Waals surface area contributed by atoms with Crippen molar-refractivity contribution in [2.45, 2.75) is 20.3 Å². The summed E-state index contributed by atoms with van der Waals surface area (Å²) in [5.41, 5.74) is 3.44. The first kappa shape index (κ1) is 14.6. The number of methoxy groups -OCH3 is 1. The highest BCUT2D eigenvalue weighted by Gasteiger charge is 2.14. The molecular weight excluding hydrogens is 272 g/mol. The van der Waals surface area contributed by atoms with Crippen LogP contribution in [0.4, 0.5) is 0 Å². The molecule has 0 fully saturated rings. The van der Waals surface area contributed by atoms with Gasteiger partial charge in [-0.15, -0.1) is 0 Å². The Labute approximate surface area is 124 Å². The molecule has 104 valence electrons. The summed E-state index contributed by atoms with van der Waals surface area (Å²) in [6.07, 6.45) is 0.325. The lowest BCUT2D eigenvalue weighted by atomic mass is 9.97. The molecule has 3 heteroatoms. The lowest BCUT2D eigenvalue weighted by Crippen LogP contribution is -2.07. The van der Waals surface area contributed by atoms with E-state index in [1.54, 1.807) is 7.11 Å². The van der Waals surface area contributed by atoms with E-state index in [9.17, 15) is 4.79 Å². The van der Waals surface area contributed by atoms with E-state index >= 15 is 0 Å². The van der Waals surface area contributed by atoms with Gasteiger partial charge in [-0.3, -0.25) is 4.79 Å². The minimum atomic E-state index is 0.0757. The molecule has 0 saturated carbocycles. The molecule has 0 aliphatic heterocycles. The van der Waals surface area contributed by atoms with Gasteiger partial charge in [0.05, 0.1) is 7.11 Å². The van der Waals surface area contributed by atoms with E-state index in [1.807, 2.05) is 50.2 Å². The average Bonchev–Trinajstić information content (AvgIpc) is 2.43. The van der Waals surface area contributed by atoms with Gasteiger partial charge in [-0.2, -0.15) is 0 Å². The number of para-hydroxylation sites is 1. The summed E-state index contributed by atoms with van der Waals surface area (Å²) < 4.78 is 5.28. The van der Waals surface area contributed by atoms with Gasteiger partial charge in [0.2, 0.25) is 0 Å². The maximum atomic E-state index is 12.5. The number of hydrogen-bond acceptors (Lipinski definition) is 2. The predicted octanol–water partition coefficient (Wildman–Crippen LogP) is 4.39. The van der Waals surface area contributed by atoms with E-state index in [0.29, 0.717) is 11.4 Å². The maximum absolute atomic E-state index is 12.5. The molecule has 2 nitrogen and oxygen atoms in total. The van der Waals surface area contributed by atoms with Crippen LogP contribution in [0.15, 0.2) is 36.4 Å². The van der Waals surface area contributed by atoms with E-state index in [2.05, 4.69) is 0 Å². The Hall–Kier alpha value is -1.80. The standard InChI is InChI=1S/C17H17ClO2/c1-11-9-15(18)12(2)8-14(11)16(19)10-13-6-4-5-7-17(13)20-3/h4-9H,10H2,1-3H3. The fourth-order valence-corrected chi connectivity index (χ4v) is 2.42. The zero-order valence-corrected chi connectivity index (χ0v) is 12.6.